The Balaban J connectivity index is 2.22. The molecule has 3 heteroatoms. The number of hydrogen-bond acceptors (Lipinski definition) is 3. The van der Waals surface area contributed by atoms with E-state index < -0.39 is 0 Å². The van der Waals surface area contributed by atoms with Gasteiger partial charge < -0.3 is 5.73 Å². The van der Waals surface area contributed by atoms with Crippen LogP contribution < -0.4 is 5.73 Å². The molecule has 0 aliphatic carbocycles. The molecule has 0 radical (unpaired) electrons. The Morgan fingerprint density at radius 2 is 1.87 bits per heavy atom. The Morgan fingerprint density at radius 1 is 1.13 bits per heavy atom. The zero-order valence-corrected chi connectivity index (χ0v) is 10.1. The first-order valence-corrected chi connectivity index (χ1v) is 6.89. The van der Waals surface area contributed by atoms with Gasteiger partial charge >= 0.3 is 0 Å². The van der Waals surface area contributed by atoms with Gasteiger partial charge in [0.2, 0.25) is 0 Å². The largest absolute Gasteiger partial charge is 0.320 e. The van der Waals surface area contributed by atoms with Crippen LogP contribution in [0, 0.1) is 0 Å². The van der Waals surface area contributed by atoms with Crippen molar-refractivity contribution in [1.82, 2.24) is 0 Å². The maximum absolute atomic E-state index is 6.15. The summed E-state index contributed by atoms with van der Waals surface area (Å²) < 4.78 is 0. The van der Waals surface area contributed by atoms with Gasteiger partial charge in [-0.15, -0.1) is 11.8 Å². The van der Waals surface area contributed by atoms with Crippen molar-refractivity contribution in [2.24, 2.45) is 5.73 Å². The molecule has 2 rings (SSSR count). The lowest BCUT2D eigenvalue weighted by atomic mass is 10.0. The number of nitrogens with two attached hydrogens (primary N) is 1. The molecule has 2 N–H and O–H groups in total. The fourth-order valence-electron chi connectivity index (χ4n) is 1.46. The van der Waals surface area contributed by atoms with Crippen molar-refractivity contribution in [2.45, 2.75) is 10.9 Å². The smallest absolute Gasteiger partial charge is 0.0559 e. The quantitative estimate of drug-likeness (QED) is 0.824. The minimum absolute atomic E-state index is 0.00663. The van der Waals surface area contributed by atoms with Crippen LogP contribution in [0.1, 0.15) is 17.2 Å². The van der Waals surface area contributed by atoms with Gasteiger partial charge in [-0.1, -0.05) is 12.1 Å². The average Bonchev–Trinajstić information content (AvgIpc) is 2.82. The highest BCUT2D eigenvalue weighted by Crippen LogP contribution is 2.23. The van der Waals surface area contributed by atoms with Crippen molar-refractivity contribution in [1.29, 1.82) is 0 Å². The standard InChI is InChI=1S/C12H13NS2/c1-14-11-4-2-9(3-5-11)12(13)10-6-7-15-8-10/h2-8,12H,13H2,1H3/t12-/m1/s1. The van der Waals surface area contributed by atoms with E-state index in [-0.39, 0.29) is 6.04 Å². The first-order valence-electron chi connectivity index (χ1n) is 4.73. The van der Waals surface area contributed by atoms with Crippen molar-refractivity contribution in [3.8, 4) is 0 Å². The van der Waals surface area contributed by atoms with E-state index in [0.29, 0.717) is 0 Å². The van der Waals surface area contributed by atoms with E-state index in [1.807, 2.05) is 0 Å². The van der Waals surface area contributed by atoms with Gasteiger partial charge in [-0.2, -0.15) is 11.3 Å². The molecule has 1 atom stereocenters. The lowest BCUT2D eigenvalue weighted by molar-refractivity contribution is 0.875. The van der Waals surface area contributed by atoms with E-state index in [2.05, 4.69) is 47.3 Å². The minimum Gasteiger partial charge on any atom is -0.320 e. The summed E-state index contributed by atoms with van der Waals surface area (Å²) in [7, 11) is 0. The molecule has 0 saturated heterocycles. The summed E-state index contributed by atoms with van der Waals surface area (Å²) in [6.07, 6.45) is 2.08. The Kier molecular flexibility index (Phi) is 3.46. The summed E-state index contributed by atoms with van der Waals surface area (Å²) in [5.74, 6) is 0. The SMILES string of the molecule is CSc1ccc([C@@H](N)c2ccsc2)cc1. The van der Waals surface area contributed by atoms with E-state index in [4.69, 9.17) is 5.73 Å². The van der Waals surface area contributed by atoms with Crippen LogP contribution in [-0.4, -0.2) is 6.26 Å². The molecule has 1 heterocycles. The molecule has 0 saturated carbocycles. The third-order valence-electron chi connectivity index (χ3n) is 2.38. The van der Waals surface area contributed by atoms with Crippen molar-refractivity contribution in [3.63, 3.8) is 0 Å². The molecule has 0 amide bonds. The molecule has 0 aliphatic rings. The van der Waals surface area contributed by atoms with Gasteiger partial charge in [-0.25, -0.2) is 0 Å². The third-order valence-corrected chi connectivity index (χ3v) is 3.82. The average molecular weight is 235 g/mol. The molecule has 0 bridgehead atoms. The molecular formula is C12H13NS2. The first-order chi connectivity index (χ1) is 7.31. The lowest BCUT2D eigenvalue weighted by Gasteiger charge is -2.10. The van der Waals surface area contributed by atoms with E-state index >= 15 is 0 Å². The molecular weight excluding hydrogens is 222 g/mol. The van der Waals surface area contributed by atoms with Crippen LogP contribution >= 0.6 is 23.1 Å². The molecule has 0 fully saturated rings. The molecule has 15 heavy (non-hydrogen) atoms. The monoisotopic (exact) mass is 235 g/mol. The van der Waals surface area contributed by atoms with Crippen LogP contribution in [0.5, 0.6) is 0 Å². The van der Waals surface area contributed by atoms with E-state index in [1.54, 1.807) is 23.1 Å². The van der Waals surface area contributed by atoms with Crippen LogP contribution in [0.15, 0.2) is 46.0 Å². The number of rotatable bonds is 3. The van der Waals surface area contributed by atoms with E-state index in [0.717, 1.165) is 0 Å². The maximum atomic E-state index is 6.15. The lowest BCUT2D eigenvalue weighted by Crippen LogP contribution is -2.10. The minimum atomic E-state index is 0.00663. The van der Waals surface area contributed by atoms with Crippen LogP contribution in [0.4, 0.5) is 0 Å². The van der Waals surface area contributed by atoms with E-state index in [9.17, 15) is 0 Å². The van der Waals surface area contributed by atoms with Gasteiger partial charge in [0.25, 0.3) is 0 Å². The molecule has 78 valence electrons. The molecule has 0 unspecified atom stereocenters. The summed E-state index contributed by atoms with van der Waals surface area (Å²) in [5, 5.41) is 4.17. The normalized spacial score (nSPS) is 12.7. The molecule has 0 spiro atoms. The predicted octanol–water partition coefficient (Wildman–Crippen LogP) is 3.52. The first kappa shape index (κ1) is 10.7. The highest BCUT2D eigenvalue weighted by atomic mass is 32.2. The molecule has 1 nitrogen and oxygen atoms in total. The van der Waals surface area contributed by atoms with Crippen molar-refractivity contribution < 1.29 is 0 Å². The summed E-state index contributed by atoms with van der Waals surface area (Å²) >= 11 is 3.43. The van der Waals surface area contributed by atoms with Gasteiger partial charge in [0.1, 0.15) is 0 Å². The number of benzene rings is 1. The van der Waals surface area contributed by atoms with Gasteiger partial charge in [0.15, 0.2) is 0 Å². The molecule has 1 aromatic carbocycles. The fourth-order valence-corrected chi connectivity index (χ4v) is 2.56. The van der Waals surface area contributed by atoms with Gasteiger partial charge in [0, 0.05) is 4.90 Å². The highest BCUT2D eigenvalue weighted by molar-refractivity contribution is 7.98. The number of thiophene rings is 1. The summed E-state index contributed by atoms with van der Waals surface area (Å²) in [4.78, 5) is 1.27. The highest BCUT2D eigenvalue weighted by Gasteiger charge is 2.08. The zero-order valence-electron chi connectivity index (χ0n) is 8.51. The molecule has 0 aliphatic heterocycles. The topological polar surface area (TPSA) is 26.0 Å². The maximum Gasteiger partial charge on any atom is 0.0559 e. The molecule has 2 aromatic rings. The second-order valence-electron chi connectivity index (χ2n) is 3.31. The Hall–Kier alpha value is -0.770. The molecule has 1 aromatic heterocycles. The summed E-state index contributed by atoms with van der Waals surface area (Å²) in [6.45, 7) is 0. The van der Waals surface area contributed by atoms with Crippen molar-refractivity contribution in [3.05, 3.63) is 52.2 Å². The predicted molar refractivity (Wildman–Crippen MR) is 68.6 cm³/mol. The van der Waals surface area contributed by atoms with E-state index in [1.165, 1.54) is 16.0 Å². The van der Waals surface area contributed by atoms with Crippen molar-refractivity contribution >= 4 is 23.1 Å². The summed E-state index contributed by atoms with van der Waals surface area (Å²) in [5.41, 5.74) is 8.52. The van der Waals surface area contributed by atoms with Gasteiger partial charge in [-0.05, 0) is 46.3 Å². The van der Waals surface area contributed by atoms with Gasteiger partial charge in [0.05, 0.1) is 6.04 Å². The number of thioether (sulfide) groups is 1. The third kappa shape index (κ3) is 2.43. The summed E-state index contributed by atoms with van der Waals surface area (Å²) in [6, 6.07) is 10.5. The second kappa shape index (κ2) is 4.84. The van der Waals surface area contributed by atoms with Crippen LogP contribution in [-0.2, 0) is 0 Å². The van der Waals surface area contributed by atoms with Crippen LogP contribution in [0.25, 0.3) is 0 Å². The second-order valence-corrected chi connectivity index (χ2v) is 4.97. The number of hydrogen-bond donors (Lipinski definition) is 1. The van der Waals surface area contributed by atoms with Crippen molar-refractivity contribution in [2.75, 3.05) is 6.26 Å². The Morgan fingerprint density at radius 3 is 2.40 bits per heavy atom. The van der Waals surface area contributed by atoms with Gasteiger partial charge in [-0.3, -0.25) is 0 Å². The Bertz CT molecular complexity index is 406. The Labute approximate surface area is 98.3 Å². The van der Waals surface area contributed by atoms with Crippen LogP contribution in [0.2, 0.25) is 0 Å². The fraction of sp³-hybridized carbons (Fsp3) is 0.167. The van der Waals surface area contributed by atoms with Crippen LogP contribution in [0.3, 0.4) is 0 Å². The zero-order chi connectivity index (χ0) is 10.7.